The molecule has 0 amide bonds. The highest BCUT2D eigenvalue weighted by Gasteiger charge is 2.15. The minimum absolute atomic E-state index is 0.149. The van der Waals surface area contributed by atoms with Crippen LogP contribution in [0.4, 0.5) is 17.2 Å². The van der Waals surface area contributed by atoms with Gasteiger partial charge >= 0.3 is 0 Å². The Hall–Kier alpha value is -2.48. The van der Waals surface area contributed by atoms with Crippen LogP contribution in [-0.2, 0) is 6.54 Å². The maximum absolute atomic E-state index is 12.6. The molecule has 0 unspecified atom stereocenters. The molecule has 23 heavy (non-hydrogen) atoms. The molecule has 2 heterocycles. The van der Waals surface area contributed by atoms with Gasteiger partial charge in [-0.2, -0.15) is 5.10 Å². The van der Waals surface area contributed by atoms with Crippen LogP contribution in [0.15, 0.2) is 21.1 Å². The monoisotopic (exact) mass is 317 g/mol. The molecule has 0 saturated carbocycles. The number of nitrogens with one attached hydrogen (secondary N) is 1. The molecule has 0 fully saturated rings. The topological polar surface area (TPSA) is 115 Å². The first-order valence-corrected chi connectivity index (χ1v) is 7.50. The van der Waals surface area contributed by atoms with E-state index in [1.54, 1.807) is 13.0 Å². The van der Waals surface area contributed by atoms with Crippen molar-refractivity contribution in [3.63, 3.8) is 0 Å². The Morgan fingerprint density at radius 2 is 2.17 bits per heavy atom. The summed E-state index contributed by atoms with van der Waals surface area (Å²) in [5.41, 5.74) is 1.43. The van der Waals surface area contributed by atoms with Crippen molar-refractivity contribution in [2.24, 2.45) is 10.2 Å². The van der Waals surface area contributed by atoms with Crippen molar-refractivity contribution in [1.82, 2.24) is 14.8 Å². The molecule has 0 radical (unpaired) electrons. The Labute approximate surface area is 134 Å². The molecular weight excluding hydrogens is 296 g/mol. The third-order valence-corrected chi connectivity index (χ3v) is 3.57. The second-order valence-electron chi connectivity index (χ2n) is 5.32. The van der Waals surface area contributed by atoms with Gasteiger partial charge in [0.25, 0.3) is 5.56 Å². The summed E-state index contributed by atoms with van der Waals surface area (Å²) in [5.74, 6) is 0.0540. The number of aryl methyl sites for hydroxylation is 1. The zero-order valence-electron chi connectivity index (χ0n) is 13.6. The van der Waals surface area contributed by atoms with Crippen molar-refractivity contribution in [1.29, 1.82) is 0 Å². The molecule has 0 aliphatic heterocycles. The third-order valence-electron chi connectivity index (χ3n) is 3.57. The molecule has 0 atom stereocenters. The van der Waals surface area contributed by atoms with Gasteiger partial charge in [-0.25, -0.2) is 0 Å². The van der Waals surface area contributed by atoms with Crippen LogP contribution in [0.1, 0.15) is 31.0 Å². The fourth-order valence-electron chi connectivity index (χ4n) is 2.25. The predicted octanol–water partition coefficient (Wildman–Crippen LogP) is 1.46. The number of aromatic nitrogens is 3. The average Bonchev–Trinajstić information content (AvgIpc) is 2.93. The minimum atomic E-state index is -0.428. The summed E-state index contributed by atoms with van der Waals surface area (Å²) >= 11 is 0. The SMILES string of the molecule is [CH2-][NH2+]c1c(C)c(N=Nc2cc(C)[nH]n2)c(=O)n(CCCC)c1[O-]. The Morgan fingerprint density at radius 3 is 2.74 bits per heavy atom. The molecule has 8 heteroatoms. The van der Waals surface area contributed by atoms with Crippen LogP contribution >= 0.6 is 0 Å². The first-order chi connectivity index (χ1) is 11.0. The number of quaternary nitrogens is 1. The van der Waals surface area contributed by atoms with Crippen molar-refractivity contribution in [3.8, 4) is 5.88 Å². The first kappa shape index (κ1) is 16.9. The number of rotatable bonds is 6. The summed E-state index contributed by atoms with van der Waals surface area (Å²) in [6, 6.07) is 1.71. The van der Waals surface area contributed by atoms with Crippen LogP contribution in [0.3, 0.4) is 0 Å². The van der Waals surface area contributed by atoms with E-state index in [-0.39, 0.29) is 11.6 Å². The van der Waals surface area contributed by atoms with Gasteiger partial charge in [0.15, 0.2) is 11.5 Å². The molecular formula is C15H21N6O2-. The smallest absolute Gasteiger partial charge is 0.278 e. The van der Waals surface area contributed by atoms with Crippen LogP contribution < -0.4 is 16.0 Å². The van der Waals surface area contributed by atoms with E-state index in [2.05, 4.69) is 27.5 Å². The first-order valence-electron chi connectivity index (χ1n) is 7.50. The molecule has 124 valence electrons. The highest BCUT2D eigenvalue weighted by Crippen LogP contribution is 2.27. The molecule has 0 spiro atoms. The highest BCUT2D eigenvalue weighted by molar-refractivity contribution is 5.59. The number of H-pyrrole nitrogens is 1. The van der Waals surface area contributed by atoms with Gasteiger partial charge in [-0.05, 0) is 20.3 Å². The van der Waals surface area contributed by atoms with Crippen molar-refractivity contribution in [3.05, 3.63) is 34.7 Å². The zero-order valence-corrected chi connectivity index (χ0v) is 13.6. The lowest BCUT2D eigenvalue weighted by Gasteiger charge is -2.22. The summed E-state index contributed by atoms with van der Waals surface area (Å²) < 4.78 is 1.21. The van der Waals surface area contributed by atoms with Crippen LogP contribution in [0.25, 0.3) is 0 Å². The van der Waals surface area contributed by atoms with Gasteiger partial charge in [-0.15, -0.1) is 17.3 Å². The number of nitrogens with zero attached hydrogens (tertiary/aromatic N) is 4. The van der Waals surface area contributed by atoms with E-state index in [1.807, 2.05) is 13.8 Å². The molecule has 0 aromatic carbocycles. The highest BCUT2D eigenvalue weighted by atomic mass is 16.3. The van der Waals surface area contributed by atoms with Crippen molar-refractivity contribution in [2.75, 3.05) is 0 Å². The van der Waals surface area contributed by atoms with Crippen LogP contribution in [0.5, 0.6) is 5.88 Å². The quantitative estimate of drug-likeness (QED) is 0.620. The maximum Gasteiger partial charge on any atom is 0.278 e. The molecule has 0 bridgehead atoms. The zero-order chi connectivity index (χ0) is 17.0. The van der Waals surface area contributed by atoms with Gasteiger partial charge < -0.3 is 15.0 Å². The van der Waals surface area contributed by atoms with E-state index in [0.717, 1.165) is 18.5 Å². The number of aromatic amines is 1. The summed E-state index contributed by atoms with van der Waals surface area (Å²) in [7, 11) is 3.66. The number of unbranched alkanes of at least 4 members (excludes halogenated alkanes) is 1. The Balaban J connectivity index is 2.53. The molecule has 2 aromatic rings. The number of hydrogen-bond donors (Lipinski definition) is 2. The molecule has 0 aliphatic rings. The molecule has 8 nitrogen and oxygen atoms in total. The molecule has 0 aliphatic carbocycles. The van der Waals surface area contributed by atoms with E-state index in [9.17, 15) is 9.90 Å². The van der Waals surface area contributed by atoms with E-state index in [0.29, 0.717) is 23.6 Å². The van der Waals surface area contributed by atoms with Gasteiger partial charge in [0, 0.05) is 29.7 Å². The third kappa shape index (κ3) is 3.48. The number of nitrogens with two attached hydrogens (primary N) is 1. The van der Waals surface area contributed by atoms with Gasteiger partial charge in [-0.3, -0.25) is 9.89 Å². The summed E-state index contributed by atoms with van der Waals surface area (Å²) in [6.45, 7) is 5.88. The summed E-state index contributed by atoms with van der Waals surface area (Å²) in [4.78, 5) is 12.6. The minimum Gasteiger partial charge on any atom is -0.856 e. The number of pyridine rings is 1. The lowest BCUT2D eigenvalue weighted by atomic mass is 10.2. The van der Waals surface area contributed by atoms with Gasteiger partial charge in [0.1, 0.15) is 5.69 Å². The van der Waals surface area contributed by atoms with Gasteiger partial charge in [0.2, 0.25) is 0 Å². The predicted molar refractivity (Wildman–Crippen MR) is 84.2 cm³/mol. The Morgan fingerprint density at radius 1 is 1.43 bits per heavy atom. The largest absolute Gasteiger partial charge is 0.856 e. The van der Waals surface area contributed by atoms with Crippen LogP contribution in [0.2, 0.25) is 0 Å². The normalized spacial score (nSPS) is 11.5. The molecule has 2 rings (SSSR count). The second-order valence-corrected chi connectivity index (χ2v) is 5.32. The van der Waals surface area contributed by atoms with Crippen molar-refractivity contribution < 1.29 is 10.4 Å². The van der Waals surface area contributed by atoms with Gasteiger partial charge in [-0.1, -0.05) is 13.3 Å². The van der Waals surface area contributed by atoms with Crippen LogP contribution in [-0.4, -0.2) is 14.8 Å². The number of hydrogen-bond acceptors (Lipinski definition) is 5. The molecule has 0 saturated heterocycles. The lowest BCUT2D eigenvalue weighted by molar-refractivity contribution is -0.512. The fourth-order valence-corrected chi connectivity index (χ4v) is 2.25. The van der Waals surface area contributed by atoms with E-state index >= 15 is 0 Å². The van der Waals surface area contributed by atoms with Crippen molar-refractivity contribution in [2.45, 2.75) is 40.2 Å². The molecule has 3 N–H and O–H groups in total. The molecule has 2 aromatic heterocycles. The number of azo groups is 1. The standard InChI is InChI=1S/C15H22N6O2/c1-5-6-7-21-14(22)12(16-4)10(3)13(15(21)23)20-19-11-8-9(2)17-18-11/h8,22H,4-7,16H2,1-3H3,(H,17,18)/p-1. The summed E-state index contributed by atoms with van der Waals surface area (Å²) in [6.07, 6.45) is 1.62. The van der Waals surface area contributed by atoms with Crippen LogP contribution in [0, 0.1) is 20.9 Å². The maximum atomic E-state index is 12.6. The second kappa shape index (κ2) is 7.19. The Kier molecular flexibility index (Phi) is 5.28. The van der Waals surface area contributed by atoms with E-state index in [1.165, 1.54) is 9.88 Å². The van der Waals surface area contributed by atoms with Crippen molar-refractivity contribution >= 4 is 17.2 Å². The van der Waals surface area contributed by atoms with E-state index < -0.39 is 5.56 Å². The summed E-state index contributed by atoms with van der Waals surface area (Å²) in [5, 5.41) is 28.5. The van der Waals surface area contributed by atoms with E-state index in [4.69, 9.17) is 0 Å². The fraction of sp³-hybridized carbons (Fsp3) is 0.400. The average molecular weight is 317 g/mol. The van der Waals surface area contributed by atoms with Gasteiger partial charge in [0.05, 0.1) is 0 Å². The lowest BCUT2D eigenvalue weighted by Crippen LogP contribution is -2.70. The Bertz CT molecular complexity index is 775.